The van der Waals surface area contributed by atoms with Crippen molar-refractivity contribution < 1.29 is 0 Å². The van der Waals surface area contributed by atoms with E-state index in [1.807, 2.05) is 32.1 Å². The van der Waals surface area contributed by atoms with Crippen molar-refractivity contribution in [3.8, 4) is 0 Å². The predicted octanol–water partition coefficient (Wildman–Crippen LogP) is 3.46. The maximum Gasteiger partial charge on any atom is 0.0644 e. The van der Waals surface area contributed by atoms with Crippen molar-refractivity contribution in [1.29, 1.82) is 0 Å². The number of halogens is 2. The highest BCUT2D eigenvalue weighted by atomic mass is 35.5. The van der Waals surface area contributed by atoms with Crippen molar-refractivity contribution in [3.63, 3.8) is 0 Å². The fourth-order valence-electron chi connectivity index (χ4n) is 1.33. The standard InChI is InChI=1S/C11H14Cl2N2/c1-7(2)3-11(15-14)8-4-9(12)6-10(13)5-8/h3-6,11,15H,14H2,1-2H3. The Kier molecular flexibility index (Phi) is 4.61. The van der Waals surface area contributed by atoms with E-state index in [1.165, 1.54) is 5.57 Å². The number of hydrogen-bond donors (Lipinski definition) is 2. The molecule has 0 fully saturated rings. The highest BCUT2D eigenvalue weighted by molar-refractivity contribution is 6.34. The van der Waals surface area contributed by atoms with Gasteiger partial charge < -0.3 is 0 Å². The third-order valence-corrected chi connectivity index (χ3v) is 2.36. The van der Waals surface area contributed by atoms with Crippen molar-refractivity contribution in [1.82, 2.24) is 5.43 Å². The lowest BCUT2D eigenvalue weighted by atomic mass is 10.1. The summed E-state index contributed by atoms with van der Waals surface area (Å²) in [5, 5.41) is 1.22. The monoisotopic (exact) mass is 244 g/mol. The van der Waals surface area contributed by atoms with Gasteiger partial charge in [-0.3, -0.25) is 5.84 Å². The number of hydrogen-bond acceptors (Lipinski definition) is 2. The molecule has 0 amide bonds. The first-order chi connectivity index (χ1) is 7.02. The van der Waals surface area contributed by atoms with Crippen LogP contribution >= 0.6 is 23.2 Å². The molecule has 0 heterocycles. The first kappa shape index (κ1) is 12.5. The quantitative estimate of drug-likeness (QED) is 0.486. The predicted molar refractivity (Wildman–Crippen MR) is 66.0 cm³/mol. The van der Waals surface area contributed by atoms with Crippen LogP contribution in [-0.4, -0.2) is 0 Å². The molecule has 1 aromatic rings. The van der Waals surface area contributed by atoms with Gasteiger partial charge in [0, 0.05) is 10.0 Å². The molecule has 1 unspecified atom stereocenters. The molecule has 0 radical (unpaired) electrons. The van der Waals surface area contributed by atoms with Crippen molar-refractivity contribution in [2.45, 2.75) is 19.9 Å². The topological polar surface area (TPSA) is 38.0 Å². The molecule has 1 aromatic carbocycles. The van der Waals surface area contributed by atoms with E-state index in [4.69, 9.17) is 29.0 Å². The molecule has 1 atom stereocenters. The SMILES string of the molecule is CC(C)=CC(NN)c1cc(Cl)cc(Cl)c1. The highest BCUT2D eigenvalue weighted by Crippen LogP contribution is 2.24. The summed E-state index contributed by atoms with van der Waals surface area (Å²) >= 11 is 11.8. The van der Waals surface area contributed by atoms with E-state index in [9.17, 15) is 0 Å². The number of benzene rings is 1. The molecular weight excluding hydrogens is 231 g/mol. The van der Waals surface area contributed by atoms with Crippen LogP contribution in [0.15, 0.2) is 29.8 Å². The Morgan fingerprint density at radius 3 is 2.20 bits per heavy atom. The molecule has 4 heteroatoms. The van der Waals surface area contributed by atoms with E-state index in [0.717, 1.165) is 5.56 Å². The number of rotatable bonds is 3. The van der Waals surface area contributed by atoms with Crippen molar-refractivity contribution in [2.75, 3.05) is 0 Å². The molecular formula is C11H14Cl2N2. The molecule has 0 aliphatic rings. The van der Waals surface area contributed by atoms with Gasteiger partial charge in [-0.1, -0.05) is 34.9 Å². The van der Waals surface area contributed by atoms with Gasteiger partial charge >= 0.3 is 0 Å². The molecule has 0 aromatic heterocycles. The van der Waals surface area contributed by atoms with Crippen LogP contribution in [0.1, 0.15) is 25.5 Å². The van der Waals surface area contributed by atoms with Gasteiger partial charge in [-0.15, -0.1) is 0 Å². The van der Waals surface area contributed by atoms with Gasteiger partial charge in [-0.05, 0) is 37.6 Å². The van der Waals surface area contributed by atoms with E-state index < -0.39 is 0 Å². The summed E-state index contributed by atoms with van der Waals surface area (Å²) in [4.78, 5) is 0. The van der Waals surface area contributed by atoms with E-state index >= 15 is 0 Å². The van der Waals surface area contributed by atoms with Crippen LogP contribution in [-0.2, 0) is 0 Å². The fraction of sp³-hybridized carbons (Fsp3) is 0.273. The lowest BCUT2D eigenvalue weighted by Gasteiger charge is -2.13. The Balaban J connectivity index is 3.07. The van der Waals surface area contributed by atoms with Crippen LogP contribution in [0.5, 0.6) is 0 Å². The first-order valence-electron chi connectivity index (χ1n) is 4.60. The van der Waals surface area contributed by atoms with Gasteiger partial charge in [-0.25, -0.2) is 5.43 Å². The van der Waals surface area contributed by atoms with Crippen LogP contribution in [0.4, 0.5) is 0 Å². The first-order valence-corrected chi connectivity index (χ1v) is 5.35. The van der Waals surface area contributed by atoms with E-state index in [-0.39, 0.29) is 6.04 Å². The zero-order chi connectivity index (χ0) is 11.4. The second kappa shape index (κ2) is 5.52. The maximum absolute atomic E-state index is 5.91. The molecule has 1 rings (SSSR count). The summed E-state index contributed by atoms with van der Waals surface area (Å²) in [5.41, 5.74) is 4.84. The number of hydrazine groups is 1. The van der Waals surface area contributed by atoms with Gasteiger partial charge in [-0.2, -0.15) is 0 Å². The van der Waals surface area contributed by atoms with Crippen molar-refractivity contribution in [2.24, 2.45) is 5.84 Å². The van der Waals surface area contributed by atoms with Gasteiger partial charge in [0.15, 0.2) is 0 Å². The second-order valence-corrected chi connectivity index (χ2v) is 4.46. The van der Waals surface area contributed by atoms with Gasteiger partial charge in [0.25, 0.3) is 0 Å². The summed E-state index contributed by atoms with van der Waals surface area (Å²) in [5.74, 6) is 5.47. The van der Waals surface area contributed by atoms with Gasteiger partial charge in [0.1, 0.15) is 0 Å². The Morgan fingerprint density at radius 2 is 1.80 bits per heavy atom. The van der Waals surface area contributed by atoms with Crippen LogP contribution in [0, 0.1) is 0 Å². The average molecular weight is 245 g/mol. The Bertz CT molecular complexity index is 351. The van der Waals surface area contributed by atoms with Crippen molar-refractivity contribution in [3.05, 3.63) is 45.5 Å². The zero-order valence-corrected chi connectivity index (χ0v) is 10.2. The number of nitrogens with two attached hydrogens (primary N) is 1. The number of allylic oxidation sites excluding steroid dienone is 1. The molecule has 0 bridgehead atoms. The third-order valence-electron chi connectivity index (χ3n) is 1.92. The van der Waals surface area contributed by atoms with Crippen LogP contribution in [0.3, 0.4) is 0 Å². The smallest absolute Gasteiger partial charge is 0.0644 e. The lowest BCUT2D eigenvalue weighted by Crippen LogP contribution is -2.26. The second-order valence-electron chi connectivity index (χ2n) is 3.59. The maximum atomic E-state index is 5.91. The molecule has 0 saturated carbocycles. The Hall–Kier alpha value is -0.540. The van der Waals surface area contributed by atoms with E-state index in [0.29, 0.717) is 10.0 Å². The normalized spacial score (nSPS) is 12.3. The minimum absolute atomic E-state index is 0.0637. The minimum atomic E-state index is -0.0637. The Labute approximate surface area is 100 Å². The summed E-state index contributed by atoms with van der Waals surface area (Å²) in [6, 6.07) is 5.32. The Morgan fingerprint density at radius 1 is 1.27 bits per heavy atom. The van der Waals surface area contributed by atoms with Gasteiger partial charge in [0.05, 0.1) is 6.04 Å². The molecule has 82 valence electrons. The average Bonchev–Trinajstić information content (AvgIpc) is 2.12. The fourth-order valence-corrected chi connectivity index (χ4v) is 1.87. The molecule has 0 aliphatic heterocycles. The zero-order valence-electron chi connectivity index (χ0n) is 8.72. The van der Waals surface area contributed by atoms with Crippen LogP contribution < -0.4 is 11.3 Å². The van der Waals surface area contributed by atoms with Gasteiger partial charge in [0.2, 0.25) is 0 Å². The lowest BCUT2D eigenvalue weighted by molar-refractivity contribution is 0.652. The van der Waals surface area contributed by atoms with Crippen LogP contribution in [0.2, 0.25) is 10.0 Å². The molecule has 0 spiro atoms. The molecule has 0 saturated heterocycles. The summed E-state index contributed by atoms with van der Waals surface area (Å²) in [6.45, 7) is 4.02. The highest BCUT2D eigenvalue weighted by Gasteiger charge is 2.08. The molecule has 2 nitrogen and oxygen atoms in total. The molecule has 3 N–H and O–H groups in total. The summed E-state index contributed by atoms with van der Waals surface area (Å²) in [7, 11) is 0. The summed E-state index contributed by atoms with van der Waals surface area (Å²) in [6.07, 6.45) is 2.02. The minimum Gasteiger partial charge on any atom is -0.271 e. The van der Waals surface area contributed by atoms with Crippen LogP contribution in [0.25, 0.3) is 0 Å². The molecule has 0 aliphatic carbocycles. The largest absolute Gasteiger partial charge is 0.271 e. The van der Waals surface area contributed by atoms with Crippen molar-refractivity contribution >= 4 is 23.2 Å². The summed E-state index contributed by atoms with van der Waals surface area (Å²) < 4.78 is 0. The number of nitrogens with one attached hydrogen (secondary N) is 1. The molecule has 15 heavy (non-hydrogen) atoms. The third kappa shape index (κ3) is 3.84. The van der Waals surface area contributed by atoms with E-state index in [1.54, 1.807) is 6.07 Å². The van der Waals surface area contributed by atoms with E-state index in [2.05, 4.69) is 5.43 Å².